The number of aromatic hydroxyl groups is 1. The van der Waals surface area contributed by atoms with Crippen molar-refractivity contribution in [2.45, 2.75) is 64.5 Å². The monoisotopic (exact) mass is 470 g/mol. The zero-order chi connectivity index (χ0) is 24.1. The minimum Gasteiger partial charge on any atom is -0.508 e. The number of carbonyl (C=O) groups excluding carboxylic acids is 3. The van der Waals surface area contributed by atoms with Crippen molar-refractivity contribution in [3.05, 3.63) is 29.8 Å². The van der Waals surface area contributed by atoms with Crippen LogP contribution in [0.1, 0.15) is 57.4 Å². The van der Waals surface area contributed by atoms with Gasteiger partial charge < -0.3 is 20.6 Å². The van der Waals surface area contributed by atoms with Crippen molar-refractivity contribution >= 4 is 17.7 Å². The van der Waals surface area contributed by atoms with Gasteiger partial charge in [0.05, 0.1) is 12.0 Å². The molecule has 2 atom stereocenters. The smallest absolute Gasteiger partial charge is 0.239 e. The topological polar surface area (TPSA) is 102 Å². The summed E-state index contributed by atoms with van der Waals surface area (Å²) in [5, 5.41) is 16.3. The van der Waals surface area contributed by atoms with Crippen molar-refractivity contribution in [2.75, 3.05) is 32.7 Å². The van der Waals surface area contributed by atoms with Crippen molar-refractivity contribution < 1.29 is 19.5 Å². The Kier molecular flexibility index (Phi) is 7.76. The van der Waals surface area contributed by atoms with Gasteiger partial charge in [0.2, 0.25) is 17.7 Å². The van der Waals surface area contributed by atoms with Crippen LogP contribution in [0.4, 0.5) is 0 Å². The number of likely N-dealkylation sites (tertiary alicyclic amines) is 2. The molecule has 3 aliphatic heterocycles. The van der Waals surface area contributed by atoms with E-state index in [-0.39, 0.29) is 30.3 Å². The molecule has 1 aromatic carbocycles. The highest BCUT2D eigenvalue weighted by molar-refractivity contribution is 5.88. The average molecular weight is 471 g/mol. The Morgan fingerprint density at radius 3 is 2.59 bits per heavy atom. The molecule has 3 fully saturated rings. The molecule has 34 heavy (non-hydrogen) atoms. The van der Waals surface area contributed by atoms with Crippen molar-refractivity contribution in [3.63, 3.8) is 0 Å². The fourth-order valence-electron chi connectivity index (χ4n) is 5.94. The average Bonchev–Trinajstić information content (AvgIpc) is 2.82. The van der Waals surface area contributed by atoms with Gasteiger partial charge in [-0.3, -0.25) is 19.3 Å². The van der Waals surface area contributed by atoms with Crippen molar-refractivity contribution in [3.8, 4) is 5.75 Å². The Morgan fingerprint density at radius 2 is 1.85 bits per heavy atom. The molecule has 4 rings (SSSR count). The number of benzene rings is 1. The predicted octanol–water partition coefficient (Wildman–Crippen LogP) is 2.02. The predicted molar refractivity (Wildman–Crippen MR) is 129 cm³/mol. The highest BCUT2D eigenvalue weighted by Crippen LogP contribution is 2.38. The number of para-hydroxylation sites is 1. The van der Waals surface area contributed by atoms with Crippen LogP contribution in [0.5, 0.6) is 5.75 Å². The molecule has 0 aliphatic carbocycles. The lowest BCUT2D eigenvalue weighted by Crippen LogP contribution is -2.54. The molecular formula is C26H38N4O4. The third-order valence-corrected chi connectivity index (χ3v) is 8.09. The van der Waals surface area contributed by atoms with Crippen LogP contribution in [-0.4, -0.2) is 71.4 Å². The first-order valence-electron chi connectivity index (χ1n) is 12.7. The number of hydrogen-bond acceptors (Lipinski definition) is 5. The van der Waals surface area contributed by atoms with Crippen LogP contribution >= 0.6 is 0 Å². The lowest BCUT2D eigenvalue weighted by molar-refractivity contribution is -0.141. The maximum Gasteiger partial charge on any atom is 0.239 e. The third-order valence-electron chi connectivity index (χ3n) is 8.09. The summed E-state index contributed by atoms with van der Waals surface area (Å²) >= 11 is 0. The maximum absolute atomic E-state index is 13.1. The zero-order valence-corrected chi connectivity index (χ0v) is 20.2. The lowest BCUT2D eigenvalue weighted by atomic mass is 9.73. The van der Waals surface area contributed by atoms with Gasteiger partial charge in [0.15, 0.2) is 0 Å². The molecule has 0 unspecified atom stereocenters. The Hall–Kier alpha value is -2.61. The van der Waals surface area contributed by atoms with Crippen LogP contribution in [0, 0.1) is 11.3 Å². The van der Waals surface area contributed by atoms with Gasteiger partial charge in [-0.25, -0.2) is 0 Å². The van der Waals surface area contributed by atoms with E-state index in [9.17, 15) is 19.5 Å². The molecule has 0 aromatic heterocycles. The summed E-state index contributed by atoms with van der Waals surface area (Å²) in [7, 11) is 0. The Labute approximate surface area is 202 Å². The second-order valence-corrected chi connectivity index (χ2v) is 10.3. The molecule has 3 N–H and O–H groups in total. The number of hydrogen-bond donors (Lipinski definition) is 3. The van der Waals surface area contributed by atoms with Crippen molar-refractivity contribution in [1.29, 1.82) is 0 Å². The molecule has 3 amide bonds. The number of rotatable bonds is 2. The molecule has 3 saturated heterocycles. The summed E-state index contributed by atoms with van der Waals surface area (Å²) in [5.41, 5.74) is 0.438. The Bertz CT molecular complexity index is 897. The Balaban J connectivity index is 1.40. The number of fused-ring (bicyclic) bond motifs is 1. The number of piperidine rings is 2. The summed E-state index contributed by atoms with van der Waals surface area (Å²) < 4.78 is 0. The standard InChI is InChI=1S/C26H38N4O4/c1-19(31)30-14-11-26(12-15-30)10-5-4-6-20-17-29(18-21-7-2-3-8-23(21)32)13-9-22(20)28-24(33)16-27-25(26)34/h2-3,7-8,20,22,32H,4-6,9-18H2,1H3,(H,27,34)(H,28,33)/t20-,22+/m0/s1. The van der Waals surface area contributed by atoms with Gasteiger partial charge in [-0.05, 0) is 44.1 Å². The zero-order valence-electron chi connectivity index (χ0n) is 20.2. The maximum atomic E-state index is 13.1. The SMILES string of the molecule is CC(=O)N1CCC2(CCCC[C@H]3CN(Cc4ccccc4O)CC[C@H]3NC(=O)CNC2=O)CC1. The van der Waals surface area contributed by atoms with E-state index in [0.29, 0.717) is 44.1 Å². The number of nitrogens with zero attached hydrogens (tertiary/aromatic N) is 2. The first kappa shape index (κ1) is 24.5. The largest absolute Gasteiger partial charge is 0.508 e. The third kappa shape index (κ3) is 5.71. The molecule has 8 nitrogen and oxygen atoms in total. The molecule has 0 bridgehead atoms. The van der Waals surface area contributed by atoms with E-state index in [4.69, 9.17) is 0 Å². The van der Waals surface area contributed by atoms with Crippen LogP contribution in [0.2, 0.25) is 0 Å². The van der Waals surface area contributed by atoms with Crippen LogP contribution in [0.3, 0.4) is 0 Å². The fraction of sp³-hybridized carbons (Fsp3) is 0.654. The summed E-state index contributed by atoms with van der Waals surface area (Å²) in [6.07, 6.45) is 5.94. The van der Waals surface area contributed by atoms with Gasteiger partial charge in [0.1, 0.15) is 5.75 Å². The van der Waals surface area contributed by atoms with Gasteiger partial charge in [-0.1, -0.05) is 31.0 Å². The summed E-state index contributed by atoms with van der Waals surface area (Å²) in [6, 6.07) is 7.58. The molecule has 3 heterocycles. The van der Waals surface area contributed by atoms with E-state index in [0.717, 1.165) is 50.8 Å². The normalized spacial score (nSPS) is 26.6. The number of nitrogens with one attached hydrogen (secondary N) is 2. The van der Waals surface area contributed by atoms with E-state index >= 15 is 0 Å². The molecule has 1 aromatic rings. The van der Waals surface area contributed by atoms with E-state index < -0.39 is 5.41 Å². The molecule has 0 saturated carbocycles. The van der Waals surface area contributed by atoms with Crippen LogP contribution in [0.15, 0.2) is 24.3 Å². The quantitative estimate of drug-likeness (QED) is 0.614. The second kappa shape index (κ2) is 10.8. The number of phenols is 1. The van der Waals surface area contributed by atoms with E-state index in [1.807, 2.05) is 23.1 Å². The molecule has 8 heteroatoms. The first-order valence-corrected chi connectivity index (χ1v) is 12.7. The van der Waals surface area contributed by atoms with Gasteiger partial charge in [-0.15, -0.1) is 0 Å². The van der Waals surface area contributed by atoms with Gasteiger partial charge >= 0.3 is 0 Å². The van der Waals surface area contributed by atoms with Crippen LogP contribution in [-0.2, 0) is 20.9 Å². The Morgan fingerprint density at radius 1 is 1.09 bits per heavy atom. The second-order valence-electron chi connectivity index (χ2n) is 10.3. The summed E-state index contributed by atoms with van der Waals surface area (Å²) in [4.78, 5) is 41.8. The lowest BCUT2D eigenvalue weighted by Gasteiger charge is -2.42. The molecule has 3 aliphatic rings. The van der Waals surface area contributed by atoms with Crippen LogP contribution < -0.4 is 10.6 Å². The summed E-state index contributed by atoms with van der Waals surface area (Å²) in [5.74, 6) is 0.553. The first-order chi connectivity index (χ1) is 16.4. The van der Waals surface area contributed by atoms with Crippen molar-refractivity contribution in [2.24, 2.45) is 11.3 Å². The van der Waals surface area contributed by atoms with Crippen molar-refractivity contribution in [1.82, 2.24) is 20.4 Å². The van der Waals surface area contributed by atoms with Crippen LogP contribution in [0.25, 0.3) is 0 Å². The highest BCUT2D eigenvalue weighted by Gasteiger charge is 2.42. The molecular weight excluding hydrogens is 432 g/mol. The van der Waals surface area contributed by atoms with Gasteiger partial charge in [0.25, 0.3) is 0 Å². The number of phenolic OH excluding ortho intramolecular Hbond substituents is 1. The van der Waals surface area contributed by atoms with Gasteiger partial charge in [0, 0.05) is 51.3 Å². The van der Waals surface area contributed by atoms with E-state index in [1.54, 1.807) is 13.0 Å². The minimum atomic E-state index is -0.492. The number of carbonyl (C=O) groups is 3. The molecule has 186 valence electrons. The highest BCUT2D eigenvalue weighted by atomic mass is 16.3. The van der Waals surface area contributed by atoms with E-state index in [1.165, 1.54) is 0 Å². The molecule has 0 radical (unpaired) electrons. The summed E-state index contributed by atoms with van der Waals surface area (Å²) in [6.45, 7) is 5.22. The van der Waals surface area contributed by atoms with Gasteiger partial charge in [-0.2, -0.15) is 0 Å². The fourth-order valence-corrected chi connectivity index (χ4v) is 5.94. The number of amides is 3. The van der Waals surface area contributed by atoms with E-state index in [2.05, 4.69) is 15.5 Å². The minimum absolute atomic E-state index is 0.00181. The molecule has 1 spiro atoms.